The number of anilines is 1. The summed E-state index contributed by atoms with van der Waals surface area (Å²) in [4.78, 5) is 4.07. The highest BCUT2D eigenvalue weighted by molar-refractivity contribution is 6.29. The minimum absolute atomic E-state index is 0.244. The third-order valence-electron chi connectivity index (χ3n) is 2.99. The molecule has 0 amide bonds. The second-order valence-corrected chi connectivity index (χ2v) is 4.64. The van der Waals surface area contributed by atoms with Gasteiger partial charge in [0, 0.05) is 0 Å². The highest BCUT2D eigenvalue weighted by atomic mass is 35.5. The molecule has 0 fully saturated rings. The number of hydrogen-bond acceptors (Lipinski definition) is 3. The number of rotatable bonds is 5. The summed E-state index contributed by atoms with van der Waals surface area (Å²) < 4.78 is 5.17. The molecule has 100 valence electrons. The van der Waals surface area contributed by atoms with E-state index in [9.17, 15) is 0 Å². The predicted molar refractivity (Wildman–Crippen MR) is 78.9 cm³/mol. The summed E-state index contributed by atoms with van der Waals surface area (Å²) in [5.41, 5.74) is 2.19. The summed E-state index contributed by atoms with van der Waals surface area (Å²) >= 11 is 5.78. The van der Waals surface area contributed by atoms with Gasteiger partial charge >= 0.3 is 0 Å². The van der Waals surface area contributed by atoms with Gasteiger partial charge in [-0.1, -0.05) is 30.7 Å². The number of nitrogens with one attached hydrogen (secondary N) is 1. The van der Waals surface area contributed by atoms with Crippen molar-refractivity contribution in [1.29, 1.82) is 0 Å². The van der Waals surface area contributed by atoms with Gasteiger partial charge in [0.15, 0.2) is 0 Å². The first-order valence-electron chi connectivity index (χ1n) is 6.25. The number of nitrogens with zero attached hydrogens (tertiary/aromatic N) is 1. The normalized spacial score (nSPS) is 11.9. The maximum atomic E-state index is 5.78. The number of pyridine rings is 1. The van der Waals surface area contributed by atoms with Crippen LogP contribution in [-0.4, -0.2) is 12.1 Å². The Labute approximate surface area is 118 Å². The molecular weight excluding hydrogens is 260 g/mol. The molecule has 1 heterocycles. The Morgan fingerprint density at radius 1 is 1.21 bits per heavy atom. The minimum Gasteiger partial charge on any atom is -0.497 e. The molecule has 1 aromatic heterocycles. The number of aromatic nitrogens is 1. The predicted octanol–water partition coefficient (Wildman–Crippen LogP) is 4.31. The molecule has 0 saturated heterocycles. The van der Waals surface area contributed by atoms with Gasteiger partial charge in [-0.3, -0.25) is 0 Å². The van der Waals surface area contributed by atoms with Gasteiger partial charge in [0.05, 0.1) is 25.0 Å². The Morgan fingerprint density at radius 3 is 2.47 bits per heavy atom. The molecule has 19 heavy (non-hydrogen) atoms. The van der Waals surface area contributed by atoms with Crippen molar-refractivity contribution in [3.8, 4) is 5.75 Å². The van der Waals surface area contributed by atoms with E-state index in [0.717, 1.165) is 17.9 Å². The molecule has 1 atom stereocenters. The molecule has 0 saturated carbocycles. The number of hydrogen-bond donors (Lipinski definition) is 1. The van der Waals surface area contributed by atoms with E-state index in [1.807, 2.05) is 18.2 Å². The molecule has 0 aliphatic rings. The van der Waals surface area contributed by atoms with Crippen LogP contribution in [0.3, 0.4) is 0 Å². The van der Waals surface area contributed by atoms with E-state index in [1.54, 1.807) is 19.4 Å². The van der Waals surface area contributed by atoms with Gasteiger partial charge in [0.2, 0.25) is 0 Å². The van der Waals surface area contributed by atoms with Crippen molar-refractivity contribution in [2.45, 2.75) is 19.4 Å². The molecule has 0 aliphatic carbocycles. The van der Waals surface area contributed by atoms with Crippen molar-refractivity contribution in [2.75, 3.05) is 12.4 Å². The van der Waals surface area contributed by atoms with E-state index in [-0.39, 0.29) is 6.04 Å². The van der Waals surface area contributed by atoms with Gasteiger partial charge < -0.3 is 10.1 Å². The number of halogens is 1. The van der Waals surface area contributed by atoms with Crippen LogP contribution in [0.1, 0.15) is 24.9 Å². The molecule has 0 spiro atoms. The van der Waals surface area contributed by atoms with Gasteiger partial charge in [-0.15, -0.1) is 0 Å². The second kappa shape index (κ2) is 6.43. The van der Waals surface area contributed by atoms with Gasteiger partial charge in [0.1, 0.15) is 10.9 Å². The Kier molecular flexibility index (Phi) is 4.63. The fourth-order valence-electron chi connectivity index (χ4n) is 1.92. The van der Waals surface area contributed by atoms with Crippen molar-refractivity contribution in [1.82, 2.24) is 4.98 Å². The molecular formula is C15H17ClN2O. The molecule has 0 aliphatic heterocycles. The number of ether oxygens (including phenoxy) is 1. The summed E-state index contributed by atoms with van der Waals surface area (Å²) in [6, 6.07) is 12.0. The SMILES string of the molecule is CCC(Nc1ccc(Cl)nc1)c1ccc(OC)cc1. The standard InChI is InChI=1S/C15H17ClN2O/c1-3-14(11-4-7-13(19-2)8-5-11)18-12-6-9-15(16)17-10-12/h4-10,14,18H,3H2,1-2H3. The van der Waals surface area contributed by atoms with Gasteiger partial charge in [-0.05, 0) is 36.2 Å². The topological polar surface area (TPSA) is 34.2 Å². The first-order chi connectivity index (χ1) is 9.22. The Bertz CT molecular complexity index is 511. The van der Waals surface area contributed by atoms with E-state index in [2.05, 4.69) is 29.4 Å². The summed E-state index contributed by atoms with van der Waals surface area (Å²) in [6.07, 6.45) is 2.73. The zero-order chi connectivity index (χ0) is 13.7. The molecule has 2 aromatic rings. The Hall–Kier alpha value is -1.74. The molecule has 4 heteroatoms. The summed E-state index contributed by atoms with van der Waals surface area (Å²) in [5.74, 6) is 0.867. The van der Waals surface area contributed by atoms with Gasteiger partial charge in [-0.2, -0.15) is 0 Å². The maximum absolute atomic E-state index is 5.78. The van der Waals surface area contributed by atoms with Crippen LogP contribution in [0, 0.1) is 0 Å². The van der Waals surface area contributed by atoms with Crippen molar-refractivity contribution in [2.24, 2.45) is 0 Å². The van der Waals surface area contributed by atoms with Crippen LogP contribution in [0.5, 0.6) is 5.75 Å². The lowest BCUT2D eigenvalue weighted by molar-refractivity contribution is 0.414. The second-order valence-electron chi connectivity index (χ2n) is 4.25. The average Bonchev–Trinajstić information content (AvgIpc) is 2.47. The highest BCUT2D eigenvalue weighted by Gasteiger charge is 2.09. The molecule has 3 nitrogen and oxygen atoms in total. The van der Waals surface area contributed by atoms with Crippen LogP contribution in [0.4, 0.5) is 5.69 Å². The van der Waals surface area contributed by atoms with Crippen LogP contribution in [-0.2, 0) is 0 Å². The Morgan fingerprint density at radius 2 is 1.95 bits per heavy atom. The van der Waals surface area contributed by atoms with E-state index in [1.165, 1.54) is 5.56 Å². The first-order valence-corrected chi connectivity index (χ1v) is 6.62. The maximum Gasteiger partial charge on any atom is 0.129 e. The van der Waals surface area contributed by atoms with E-state index >= 15 is 0 Å². The van der Waals surface area contributed by atoms with Crippen molar-refractivity contribution in [3.05, 3.63) is 53.3 Å². The third-order valence-corrected chi connectivity index (χ3v) is 3.22. The third kappa shape index (κ3) is 3.61. The van der Waals surface area contributed by atoms with Crippen LogP contribution in [0.25, 0.3) is 0 Å². The number of methoxy groups -OCH3 is 1. The minimum atomic E-state index is 0.244. The molecule has 0 radical (unpaired) electrons. The zero-order valence-electron chi connectivity index (χ0n) is 11.1. The highest BCUT2D eigenvalue weighted by Crippen LogP contribution is 2.24. The molecule has 0 bridgehead atoms. The molecule has 2 rings (SSSR count). The van der Waals surface area contributed by atoms with Crippen LogP contribution in [0.2, 0.25) is 5.15 Å². The zero-order valence-corrected chi connectivity index (χ0v) is 11.8. The van der Waals surface area contributed by atoms with E-state index in [4.69, 9.17) is 16.3 Å². The van der Waals surface area contributed by atoms with Crippen molar-refractivity contribution < 1.29 is 4.74 Å². The van der Waals surface area contributed by atoms with Crippen molar-refractivity contribution >= 4 is 17.3 Å². The average molecular weight is 277 g/mol. The fourth-order valence-corrected chi connectivity index (χ4v) is 2.03. The lowest BCUT2D eigenvalue weighted by Gasteiger charge is -2.18. The fraction of sp³-hybridized carbons (Fsp3) is 0.267. The summed E-state index contributed by atoms with van der Waals surface area (Å²) in [6.45, 7) is 2.14. The summed E-state index contributed by atoms with van der Waals surface area (Å²) in [5, 5.41) is 3.95. The monoisotopic (exact) mass is 276 g/mol. The quantitative estimate of drug-likeness (QED) is 0.827. The first kappa shape index (κ1) is 13.7. The molecule has 1 unspecified atom stereocenters. The van der Waals surface area contributed by atoms with E-state index < -0.39 is 0 Å². The van der Waals surface area contributed by atoms with Crippen LogP contribution in [0.15, 0.2) is 42.6 Å². The van der Waals surface area contributed by atoms with Gasteiger partial charge in [-0.25, -0.2) is 4.98 Å². The summed E-state index contributed by atoms with van der Waals surface area (Å²) in [7, 11) is 1.67. The van der Waals surface area contributed by atoms with Crippen LogP contribution >= 0.6 is 11.6 Å². The Balaban J connectivity index is 2.12. The molecule has 1 N–H and O–H groups in total. The number of benzene rings is 1. The van der Waals surface area contributed by atoms with E-state index in [0.29, 0.717) is 5.15 Å². The van der Waals surface area contributed by atoms with Crippen LogP contribution < -0.4 is 10.1 Å². The lowest BCUT2D eigenvalue weighted by Crippen LogP contribution is -2.09. The van der Waals surface area contributed by atoms with Crippen molar-refractivity contribution in [3.63, 3.8) is 0 Å². The lowest BCUT2D eigenvalue weighted by atomic mass is 10.0. The molecule has 1 aromatic carbocycles. The van der Waals surface area contributed by atoms with Gasteiger partial charge in [0.25, 0.3) is 0 Å². The smallest absolute Gasteiger partial charge is 0.129 e. The largest absolute Gasteiger partial charge is 0.497 e.